The second-order valence-electron chi connectivity index (χ2n) is 7.29. The Morgan fingerprint density at radius 3 is 2.13 bits per heavy atom. The van der Waals surface area contributed by atoms with Crippen LogP contribution in [0.5, 0.6) is 0 Å². The maximum atomic E-state index is 12.6. The van der Waals surface area contributed by atoms with Crippen LogP contribution in [0.25, 0.3) is 0 Å². The summed E-state index contributed by atoms with van der Waals surface area (Å²) in [6.07, 6.45) is 4.74. The molecule has 1 aromatic carbocycles. The fraction of sp³-hybridized carbons (Fsp3) is 0.611. The number of esters is 1. The van der Waals surface area contributed by atoms with Gasteiger partial charge in [-0.1, -0.05) is 30.3 Å². The van der Waals surface area contributed by atoms with Crippen molar-refractivity contribution >= 4 is 15.8 Å². The van der Waals surface area contributed by atoms with Gasteiger partial charge in [-0.2, -0.15) is 0 Å². The zero-order valence-electron chi connectivity index (χ0n) is 13.6. The Labute approximate surface area is 138 Å². The molecular weight excluding hydrogens is 312 g/mol. The van der Waals surface area contributed by atoms with Crippen LogP contribution in [0.3, 0.4) is 0 Å². The second-order valence-corrected chi connectivity index (χ2v) is 9.35. The minimum absolute atomic E-state index is 0.109. The molecule has 0 unspecified atom stereocenters. The van der Waals surface area contributed by atoms with Crippen LogP contribution in [0.15, 0.2) is 30.3 Å². The van der Waals surface area contributed by atoms with Gasteiger partial charge in [-0.05, 0) is 49.5 Å². The highest BCUT2D eigenvalue weighted by Gasteiger charge is 2.54. The molecule has 2 bridgehead atoms. The summed E-state index contributed by atoms with van der Waals surface area (Å²) in [7, 11) is -1.70. The highest BCUT2D eigenvalue weighted by atomic mass is 32.2. The van der Waals surface area contributed by atoms with E-state index in [0.29, 0.717) is 0 Å². The molecule has 3 saturated carbocycles. The predicted octanol–water partition coefficient (Wildman–Crippen LogP) is 3.12. The maximum Gasteiger partial charge on any atom is 0.311 e. The average Bonchev–Trinajstić information content (AvgIpc) is 2.55. The largest absolute Gasteiger partial charge is 0.469 e. The molecule has 0 atom stereocenters. The third-order valence-electron chi connectivity index (χ3n) is 5.78. The highest BCUT2D eigenvalue weighted by Crippen LogP contribution is 2.57. The number of benzene rings is 1. The number of rotatable bonds is 5. The Morgan fingerprint density at radius 2 is 1.61 bits per heavy atom. The van der Waals surface area contributed by atoms with Crippen LogP contribution in [0.4, 0.5) is 0 Å². The summed E-state index contributed by atoms with van der Waals surface area (Å²) in [5.74, 6) is 0.238. The van der Waals surface area contributed by atoms with Gasteiger partial charge in [0, 0.05) is 0 Å². The Balaban J connectivity index is 1.69. The number of hydrogen-bond donors (Lipinski definition) is 0. The molecule has 4 nitrogen and oxygen atoms in total. The second kappa shape index (κ2) is 5.93. The van der Waals surface area contributed by atoms with Crippen LogP contribution in [-0.2, 0) is 25.1 Å². The van der Waals surface area contributed by atoms with Crippen molar-refractivity contribution in [3.63, 3.8) is 0 Å². The van der Waals surface area contributed by atoms with Crippen LogP contribution >= 0.6 is 0 Å². The number of methoxy groups -OCH3 is 1. The minimum Gasteiger partial charge on any atom is -0.469 e. The summed E-state index contributed by atoms with van der Waals surface area (Å²) in [4.78, 5) is 12.0. The van der Waals surface area contributed by atoms with Crippen molar-refractivity contribution in [1.82, 2.24) is 0 Å². The fourth-order valence-corrected chi connectivity index (χ4v) is 6.52. The van der Waals surface area contributed by atoms with Gasteiger partial charge in [-0.25, -0.2) is 8.42 Å². The van der Waals surface area contributed by atoms with Gasteiger partial charge in [0.25, 0.3) is 0 Å². The number of carbonyl (C=O) groups excluding carboxylic acids is 1. The first kappa shape index (κ1) is 16.5. The molecule has 5 heteroatoms. The SMILES string of the molecule is COC(=O)C12CCC(CS(=O)(=O)Cc3ccccc3)(CC1)CC2. The van der Waals surface area contributed by atoms with Crippen LogP contribution in [-0.4, -0.2) is 27.2 Å². The van der Waals surface area contributed by atoms with Crippen molar-refractivity contribution in [1.29, 1.82) is 0 Å². The smallest absolute Gasteiger partial charge is 0.311 e. The lowest BCUT2D eigenvalue weighted by molar-refractivity contribution is -0.161. The zero-order chi connectivity index (χ0) is 16.6. The molecule has 3 fully saturated rings. The first-order chi connectivity index (χ1) is 10.9. The minimum atomic E-state index is -3.14. The summed E-state index contributed by atoms with van der Waals surface area (Å²) in [5, 5.41) is 0. The Hall–Kier alpha value is -1.36. The van der Waals surface area contributed by atoms with Gasteiger partial charge in [0.15, 0.2) is 9.84 Å². The van der Waals surface area contributed by atoms with E-state index in [1.807, 2.05) is 30.3 Å². The van der Waals surface area contributed by atoms with E-state index in [-0.39, 0.29) is 28.3 Å². The standard InChI is InChI=1S/C18H24O4S/c1-22-16(19)18-10-7-17(8-11-18,9-12-18)14-23(20,21)13-15-5-3-2-4-6-15/h2-6H,7-14H2,1H3. The highest BCUT2D eigenvalue weighted by molar-refractivity contribution is 7.90. The van der Waals surface area contributed by atoms with Crippen molar-refractivity contribution < 1.29 is 17.9 Å². The van der Waals surface area contributed by atoms with E-state index in [1.54, 1.807) is 0 Å². The van der Waals surface area contributed by atoms with Gasteiger partial charge in [-0.15, -0.1) is 0 Å². The molecule has 0 saturated heterocycles. The Bertz CT molecular complexity index is 654. The third kappa shape index (κ3) is 3.30. The van der Waals surface area contributed by atoms with Gasteiger partial charge >= 0.3 is 5.97 Å². The first-order valence-corrected chi connectivity index (χ1v) is 10.0. The Morgan fingerprint density at radius 1 is 1.04 bits per heavy atom. The van der Waals surface area contributed by atoms with E-state index in [0.717, 1.165) is 44.1 Å². The van der Waals surface area contributed by atoms with Crippen molar-refractivity contribution in [3.05, 3.63) is 35.9 Å². The normalized spacial score (nSPS) is 30.1. The van der Waals surface area contributed by atoms with Gasteiger partial charge < -0.3 is 4.74 Å². The lowest BCUT2D eigenvalue weighted by Crippen LogP contribution is -2.48. The van der Waals surface area contributed by atoms with Gasteiger partial charge in [-0.3, -0.25) is 4.79 Å². The number of fused-ring (bicyclic) bond motifs is 3. The molecule has 0 N–H and O–H groups in total. The van der Waals surface area contributed by atoms with Crippen molar-refractivity contribution in [2.75, 3.05) is 12.9 Å². The van der Waals surface area contributed by atoms with Crippen molar-refractivity contribution in [2.45, 2.75) is 44.3 Å². The molecule has 0 radical (unpaired) electrons. The van der Waals surface area contributed by atoms with E-state index in [2.05, 4.69) is 0 Å². The van der Waals surface area contributed by atoms with Crippen LogP contribution in [0, 0.1) is 10.8 Å². The molecule has 4 rings (SSSR count). The lowest BCUT2D eigenvalue weighted by atomic mass is 9.54. The predicted molar refractivity (Wildman–Crippen MR) is 88.5 cm³/mol. The molecule has 0 heterocycles. The molecule has 126 valence electrons. The van der Waals surface area contributed by atoms with Crippen molar-refractivity contribution in [3.8, 4) is 0 Å². The van der Waals surface area contributed by atoms with E-state index in [1.165, 1.54) is 7.11 Å². The van der Waals surface area contributed by atoms with E-state index >= 15 is 0 Å². The first-order valence-electron chi connectivity index (χ1n) is 8.22. The monoisotopic (exact) mass is 336 g/mol. The number of ether oxygens (including phenoxy) is 1. The fourth-order valence-electron chi connectivity index (χ4n) is 4.35. The molecule has 0 aliphatic heterocycles. The number of carbonyl (C=O) groups is 1. The quantitative estimate of drug-likeness (QED) is 0.775. The van der Waals surface area contributed by atoms with Crippen LogP contribution in [0.2, 0.25) is 0 Å². The molecule has 1 aromatic rings. The number of sulfone groups is 1. The third-order valence-corrected chi connectivity index (χ3v) is 7.60. The zero-order valence-corrected chi connectivity index (χ0v) is 14.4. The van der Waals surface area contributed by atoms with Crippen LogP contribution in [0.1, 0.15) is 44.1 Å². The lowest BCUT2D eigenvalue weighted by Gasteiger charge is -2.51. The molecule has 0 amide bonds. The van der Waals surface area contributed by atoms with Gasteiger partial charge in [0.05, 0.1) is 24.0 Å². The molecule has 3 aliphatic rings. The van der Waals surface area contributed by atoms with E-state index < -0.39 is 9.84 Å². The summed E-state index contributed by atoms with van der Waals surface area (Å²) >= 11 is 0. The van der Waals surface area contributed by atoms with E-state index in [4.69, 9.17) is 4.74 Å². The summed E-state index contributed by atoms with van der Waals surface area (Å²) in [5.41, 5.74) is 0.364. The molecule has 0 aromatic heterocycles. The molecular formula is C18H24O4S. The van der Waals surface area contributed by atoms with Gasteiger partial charge in [0.1, 0.15) is 0 Å². The van der Waals surface area contributed by atoms with Crippen LogP contribution < -0.4 is 0 Å². The van der Waals surface area contributed by atoms with Crippen molar-refractivity contribution in [2.24, 2.45) is 10.8 Å². The summed E-state index contributed by atoms with van der Waals surface area (Å²) in [6.45, 7) is 0. The maximum absolute atomic E-state index is 12.6. The summed E-state index contributed by atoms with van der Waals surface area (Å²) in [6, 6.07) is 9.35. The molecule has 3 aliphatic carbocycles. The molecule has 0 spiro atoms. The summed E-state index contributed by atoms with van der Waals surface area (Å²) < 4.78 is 30.2. The molecule has 23 heavy (non-hydrogen) atoms. The topological polar surface area (TPSA) is 60.4 Å². The van der Waals surface area contributed by atoms with E-state index in [9.17, 15) is 13.2 Å². The Kier molecular flexibility index (Phi) is 4.25. The van der Waals surface area contributed by atoms with Gasteiger partial charge in [0.2, 0.25) is 0 Å². The number of hydrogen-bond acceptors (Lipinski definition) is 4. The average molecular weight is 336 g/mol.